The Bertz CT molecular complexity index is 251. The van der Waals surface area contributed by atoms with Crippen molar-refractivity contribution in [2.45, 2.75) is 20.8 Å². The quantitative estimate of drug-likeness (QED) is 0.702. The highest BCUT2D eigenvalue weighted by Gasteiger charge is 2.10. The number of hydrogen-bond donors (Lipinski definition) is 2. The molecule has 2 N–H and O–H groups in total. The van der Waals surface area contributed by atoms with Gasteiger partial charge in [-0.05, 0) is 24.5 Å². The van der Waals surface area contributed by atoms with Crippen molar-refractivity contribution in [1.82, 2.24) is 0 Å². The molecule has 0 saturated heterocycles. The Kier molecular flexibility index (Phi) is 6.89. The van der Waals surface area contributed by atoms with Gasteiger partial charge in [0.05, 0.1) is 6.61 Å². The highest BCUT2D eigenvalue weighted by molar-refractivity contribution is 6.58. The zero-order valence-electron chi connectivity index (χ0n) is 8.90. The van der Waals surface area contributed by atoms with E-state index in [0.717, 1.165) is 0 Å². The molecule has 0 unspecified atom stereocenters. The molecule has 0 radical (unpaired) electrons. The van der Waals surface area contributed by atoms with Crippen molar-refractivity contribution in [2.75, 3.05) is 6.61 Å². The summed E-state index contributed by atoms with van der Waals surface area (Å²) in [4.78, 5) is 0. The fraction of sp³-hybridized carbons (Fsp3) is 0.400. The summed E-state index contributed by atoms with van der Waals surface area (Å²) in [7, 11) is -1.43. The van der Waals surface area contributed by atoms with E-state index < -0.39 is 7.12 Å². The molecule has 78 valence electrons. The summed E-state index contributed by atoms with van der Waals surface area (Å²) in [5.74, 6) is 0.656. The van der Waals surface area contributed by atoms with E-state index in [2.05, 4.69) is 0 Å². The molecule has 0 amide bonds. The summed E-state index contributed by atoms with van der Waals surface area (Å²) in [5, 5.41) is 17.6. The molecular formula is C10H17BO3. The maximum atomic E-state index is 8.82. The summed E-state index contributed by atoms with van der Waals surface area (Å²) >= 11 is 0. The molecule has 0 heterocycles. The topological polar surface area (TPSA) is 49.7 Å². The second kappa shape index (κ2) is 7.41. The predicted molar refractivity (Wildman–Crippen MR) is 58.8 cm³/mol. The van der Waals surface area contributed by atoms with Crippen molar-refractivity contribution in [1.29, 1.82) is 0 Å². The monoisotopic (exact) mass is 196 g/mol. The Balaban J connectivity index is 0.000000791. The molecule has 1 aromatic rings. The molecule has 14 heavy (non-hydrogen) atoms. The summed E-state index contributed by atoms with van der Waals surface area (Å²) in [6.07, 6.45) is 0. The van der Waals surface area contributed by atoms with E-state index in [1.54, 1.807) is 24.3 Å². The van der Waals surface area contributed by atoms with Crippen molar-refractivity contribution in [3.8, 4) is 5.75 Å². The van der Waals surface area contributed by atoms with Gasteiger partial charge in [0.2, 0.25) is 0 Å². The van der Waals surface area contributed by atoms with Crippen LogP contribution in [0.4, 0.5) is 0 Å². The van der Waals surface area contributed by atoms with E-state index in [1.807, 2.05) is 20.8 Å². The standard InChI is InChI=1S/C8H11BO3.C2H6/c1-2-12-8-5-3-4-7(6-8)9(10)11;1-2/h3-6,10-11H,2H2,1H3;1-2H3. The highest BCUT2D eigenvalue weighted by atomic mass is 16.5. The van der Waals surface area contributed by atoms with E-state index in [1.165, 1.54) is 0 Å². The first-order valence-corrected chi connectivity index (χ1v) is 4.83. The maximum Gasteiger partial charge on any atom is 0.488 e. The Hall–Kier alpha value is -0.995. The van der Waals surface area contributed by atoms with Crippen LogP contribution < -0.4 is 10.2 Å². The minimum Gasteiger partial charge on any atom is -0.494 e. The average molecular weight is 196 g/mol. The van der Waals surface area contributed by atoms with Crippen LogP contribution in [0.15, 0.2) is 24.3 Å². The Morgan fingerprint density at radius 3 is 2.43 bits per heavy atom. The second-order valence-electron chi connectivity index (χ2n) is 2.38. The minimum atomic E-state index is -1.43. The first-order valence-electron chi connectivity index (χ1n) is 4.83. The lowest BCUT2D eigenvalue weighted by Crippen LogP contribution is -2.29. The van der Waals surface area contributed by atoms with Gasteiger partial charge in [-0.2, -0.15) is 0 Å². The largest absolute Gasteiger partial charge is 0.494 e. The van der Waals surface area contributed by atoms with Crippen LogP contribution in [0.25, 0.3) is 0 Å². The zero-order chi connectivity index (χ0) is 11.0. The van der Waals surface area contributed by atoms with Crippen LogP contribution in [-0.2, 0) is 0 Å². The van der Waals surface area contributed by atoms with Gasteiger partial charge in [0, 0.05) is 0 Å². The van der Waals surface area contributed by atoms with E-state index in [0.29, 0.717) is 17.8 Å². The Labute approximate surface area is 85.5 Å². The molecular weight excluding hydrogens is 179 g/mol. The van der Waals surface area contributed by atoms with Crippen LogP contribution in [0.3, 0.4) is 0 Å². The summed E-state index contributed by atoms with van der Waals surface area (Å²) in [6.45, 7) is 6.45. The third-order valence-corrected chi connectivity index (χ3v) is 1.47. The van der Waals surface area contributed by atoms with Crippen LogP contribution in [0, 0.1) is 0 Å². The third-order valence-electron chi connectivity index (χ3n) is 1.47. The van der Waals surface area contributed by atoms with E-state index in [4.69, 9.17) is 14.8 Å². The molecule has 0 aromatic heterocycles. The van der Waals surface area contributed by atoms with Crippen molar-refractivity contribution < 1.29 is 14.8 Å². The molecule has 0 aliphatic rings. The average Bonchev–Trinajstić information content (AvgIpc) is 2.22. The van der Waals surface area contributed by atoms with Gasteiger partial charge in [-0.15, -0.1) is 0 Å². The Morgan fingerprint density at radius 2 is 1.93 bits per heavy atom. The van der Waals surface area contributed by atoms with Crippen molar-refractivity contribution >= 4 is 12.6 Å². The van der Waals surface area contributed by atoms with Gasteiger partial charge in [-0.25, -0.2) is 0 Å². The first-order chi connectivity index (χ1) is 6.74. The molecule has 3 nitrogen and oxygen atoms in total. The minimum absolute atomic E-state index is 0.445. The van der Waals surface area contributed by atoms with Gasteiger partial charge < -0.3 is 14.8 Å². The van der Waals surface area contributed by atoms with E-state index in [-0.39, 0.29) is 0 Å². The van der Waals surface area contributed by atoms with Crippen LogP contribution in [-0.4, -0.2) is 23.8 Å². The smallest absolute Gasteiger partial charge is 0.488 e. The van der Waals surface area contributed by atoms with E-state index >= 15 is 0 Å². The summed E-state index contributed by atoms with van der Waals surface area (Å²) in [5.41, 5.74) is 0.445. The molecule has 0 aliphatic heterocycles. The molecule has 0 bridgehead atoms. The van der Waals surface area contributed by atoms with Gasteiger partial charge in [0.25, 0.3) is 0 Å². The van der Waals surface area contributed by atoms with Crippen LogP contribution >= 0.6 is 0 Å². The molecule has 1 rings (SSSR count). The summed E-state index contributed by atoms with van der Waals surface area (Å²) in [6, 6.07) is 6.73. The molecule has 1 aromatic carbocycles. The number of ether oxygens (including phenoxy) is 1. The van der Waals surface area contributed by atoms with Gasteiger partial charge >= 0.3 is 7.12 Å². The van der Waals surface area contributed by atoms with Crippen molar-refractivity contribution in [3.63, 3.8) is 0 Å². The van der Waals surface area contributed by atoms with Gasteiger partial charge in [-0.1, -0.05) is 26.0 Å². The van der Waals surface area contributed by atoms with Gasteiger partial charge in [0.1, 0.15) is 5.75 Å². The molecule has 0 spiro atoms. The van der Waals surface area contributed by atoms with Crippen LogP contribution in [0.1, 0.15) is 20.8 Å². The first kappa shape index (κ1) is 13.0. The summed E-state index contributed by atoms with van der Waals surface area (Å²) < 4.78 is 5.17. The zero-order valence-corrected chi connectivity index (χ0v) is 8.90. The Morgan fingerprint density at radius 1 is 1.29 bits per heavy atom. The lowest BCUT2D eigenvalue weighted by atomic mass is 9.80. The number of benzene rings is 1. The van der Waals surface area contributed by atoms with Gasteiger partial charge in [0.15, 0.2) is 0 Å². The molecule has 0 aliphatic carbocycles. The third kappa shape index (κ3) is 4.30. The highest BCUT2D eigenvalue weighted by Crippen LogP contribution is 2.06. The van der Waals surface area contributed by atoms with Gasteiger partial charge in [-0.3, -0.25) is 0 Å². The fourth-order valence-corrected chi connectivity index (χ4v) is 0.932. The molecule has 0 atom stereocenters. The van der Waals surface area contributed by atoms with E-state index in [9.17, 15) is 0 Å². The number of rotatable bonds is 3. The second-order valence-corrected chi connectivity index (χ2v) is 2.38. The molecule has 0 saturated carbocycles. The molecule has 4 heteroatoms. The van der Waals surface area contributed by atoms with Crippen molar-refractivity contribution in [2.24, 2.45) is 0 Å². The van der Waals surface area contributed by atoms with Crippen LogP contribution in [0.2, 0.25) is 0 Å². The molecule has 0 fully saturated rings. The lowest BCUT2D eigenvalue weighted by molar-refractivity contribution is 0.340. The predicted octanol–water partition coefficient (Wildman–Crippen LogP) is 0.791. The SMILES string of the molecule is CC.CCOc1cccc(B(O)O)c1. The van der Waals surface area contributed by atoms with Crippen LogP contribution in [0.5, 0.6) is 5.75 Å². The fourth-order valence-electron chi connectivity index (χ4n) is 0.932. The number of hydrogen-bond acceptors (Lipinski definition) is 3. The lowest BCUT2D eigenvalue weighted by Gasteiger charge is -2.04. The maximum absolute atomic E-state index is 8.82. The normalized spacial score (nSPS) is 8.64. The van der Waals surface area contributed by atoms with Crippen molar-refractivity contribution in [3.05, 3.63) is 24.3 Å².